The van der Waals surface area contributed by atoms with Crippen LogP contribution in [0.5, 0.6) is 0 Å². The molecule has 0 aromatic carbocycles. The number of carbonyl (C=O) groups excluding carboxylic acids is 2. The van der Waals surface area contributed by atoms with Gasteiger partial charge in [-0.2, -0.15) is 0 Å². The fraction of sp³-hybridized carbons (Fsp3) is 0.818. The van der Waals surface area contributed by atoms with Gasteiger partial charge in [-0.1, -0.05) is 6.92 Å². The highest BCUT2D eigenvalue weighted by Gasteiger charge is 2.30. The Kier molecular flexibility index (Phi) is 4.59. The predicted molar refractivity (Wildman–Crippen MR) is 54.1 cm³/mol. The van der Waals surface area contributed by atoms with Crippen LogP contribution in [-0.2, 0) is 19.1 Å². The number of ether oxygens (including phenoxy) is 2. The lowest BCUT2D eigenvalue weighted by atomic mass is 9.89. The lowest BCUT2D eigenvalue weighted by Gasteiger charge is -2.26. The molecule has 86 valence electrons. The van der Waals surface area contributed by atoms with Crippen molar-refractivity contribution < 1.29 is 19.1 Å². The number of hydrogen-bond acceptors (Lipinski definition) is 4. The Labute approximate surface area is 89.9 Å². The second-order valence-corrected chi connectivity index (χ2v) is 3.85. The van der Waals surface area contributed by atoms with Crippen LogP contribution in [0.25, 0.3) is 0 Å². The van der Waals surface area contributed by atoms with Gasteiger partial charge in [-0.25, -0.2) is 0 Å². The minimum absolute atomic E-state index is 0.0434. The molecule has 0 aliphatic carbocycles. The summed E-state index contributed by atoms with van der Waals surface area (Å²) in [6.07, 6.45) is 1.88. The Bertz CT molecular complexity index is 237. The fourth-order valence-electron chi connectivity index (χ4n) is 1.82. The molecule has 1 aliphatic rings. The van der Waals surface area contributed by atoms with Gasteiger partial charge in [0.2, 0.25) is 0 Å². The molecule has 0 radical (unpaired) electrons. The normalized spacial score (nSPS) is 25.9. The third-order valence-corrected chi connectivity index (χ3v) is 2.67. The lowest BCUT2D eigenvalue weighted by Crippen LogP contribution is -2.31. The van der Waals surface area contributed by atoms with E-state index in [0.717, 1.165) is 12.8 Å². The van der Waals surface area contributed by atoms with Crippen molar-refractivity contribution in [2.24, 2.45) is 11.8 Å². The highest BCUT2D eigenvalue weighted by Crippen LogP contribution is 2.25. The zero-order valence-corrected chi connectivity index (χ0v) is 9.32. The minimum Gasteiger partial charge on any atom is -0.466 e. The van der Waals surface area contributed by atoms with Crippen molar-refractivity contribution in [2.75, 3.05) is 13.2 Å². The van der Waals surface area contributed by atoms with E-state index in [4.69, 9.17) is 9.47 Å². The minimum atomic E-state index is -0.199. The smallest absolute Gasteiger partial charge is 0.308 e. The quantitative estimate of drug-likeness (QED) is 0.666. The summed E-state index contributed by atoms with van der Waals surface area (Å²) in [6, 6.07) is 0. The highest BCUT2D eigenvalue weighted by molar-refractivity contribution is 5.74. The van der Waals surface area contributed by atoms with Gasteiger partial charge >= 0.3 is 11.9 Å². The zero-order valence-electron chi connectivity index (χ0n) is 9.32. The zero-order chi connectivity index (χ0) is 11.3. The van der Waals surface area contributed by atoms with Crippen LogP contribution in [-0.4, -0.2) is 25.2 Å². The first-order valence-electron chi connectivity index (χ1n) is 5.49. The fourth-order valence-corrected chi connectivity index (χ4v) is 1.82. The van der Waals surface area contributed by atoms with Crippen LogP contribution < -0.4 is 0 Å². The Balaban J connectivity index is 2.38. The van der Waals surface area contributed by atoms with Crippen molar-refractivity contribution in [3.63, 3.8) is 0 Å². The van der Waals surface area contributed by atoms with Crippen LogP contribution in [0.2, 0.25) is 0 Å². The van der Waals surface area contributed by atoms with E-state index in [2.05, 4.69) is 0 Å². The molecule has 15 heavy (non-hydrogen) atoms. The third-order valence-electron chi connectivity index (χ3n) is 2.67. The molecule has 1 fully saturated rings. The largest absolute Gasteiger partial charge is 0.466 e. The molecule has 4 heteroatoms. The van der Waals surface area contributed by atoms with Gasteiger partial charge < -0.3 is 9.47 Å². The average Bonchev–Trinajstić information content (AvgIpc) is 2.21. The van der Waals surface area contributed by atoms with Crippen molar-refractivity contribution >= 4 is 11.9 Å². The van der Waals surface area contributed by atoms with E-state index in [0.29, 0.717) is 19.6 Å². The molecule has 2 atom stereocenters. The van der Waals surface area contributed by atoms with Gasteiger partial charge in [-0.3, -0.25) is 9.59 Å². The maximum absolute atomic E-state index is 11.2. The number of carbonyl (C=O) groups is 2. The second kappa shape index (κ2) is 5.73. The molecule has 1 heterocycles. The third kappa shape index (κ3) is 3.53. The molecule has 4 nitrogen and oxygen atoms in total. The van der Waals surface area contributed by atoms with E-state index in [1.54, 1.807) is 6.92 Å². The van der Waals surface area contributed by atoms with Crippen LogP contribution in [0, 0.1) is 11.8 Å². The lowest BCUT2D eigenvalue weighted by molar-refractivity contribution is -0.159. The Hall–Kier alpha value is -1.06. The van der Waals surface area contributed by atoms with Crippen molar-refractivity contribution in [3.05, 3.63) is 0 Å². The summed E-state index contributed by atoms with van der Waals surface area (Å²) in [7, 11) is 0. The Morgan fingerprint density at radius 1 is 1.53 bits per heavy atom. The molecule has 0 spiro atoms. The van der Waals surface area contributed by atoms with Gasteiger partial charge in [0.25, 0.3) is 0 Å². The summed E-state index contributed by atoms with van der Waals surface area (Å²) in [6.45, 7) is 4.50. The van der Waals surface area contributed by atoms with Gasteiger partial charge in [0.15, 0.2) is 0 Å². The molecule has 0 amide bonds. The SMILES string of the molecule is CCOC(=O)C[C@H]1COC(=O)[C@H](CC)C1. The molecule has 0 aromatic heterocycles. The van der Waals surface area contributed by atoms with E-state index in [1.165, 1.54) is 0 Å². The first-order valence-corrected chi connectivity index (χ1v) is 5.49. The van der Waals surface area contributed by atoms with Gasteiger partial charge in [0, 0.05) is 5.92 Å². The van der Waals surface area contributed by atoms with Crippen LogP contribution in [0.4, 0.5) is 0 Å². The summed E-state index contributed by atoms with van der Waals surface area (Å²) in [5.41, 5.74) is 0. The second-order valence-electron chi connectivity index (χ2n) is 3.85. The molecule has 0 unspecified atom stereocenters. The number of rotatable bonds is 4. The van der Waals surface area contributed by atoms with Gasteiger partial charge in [-0.05, 0) is 19.8 Å². The van der Waals surface area contributed by atoms with Gasteiger partial charge in [0.05, 0.1) is 25.6 Å². The average molecular weight is 214 g/mol. The molecule has 0 aromatic rings. The number of esters is 2. The molecule has 0 saturated carbocycles. The molecule has 0 bridgehead atoms. The van der Waals surface area contributed by atoms with Gasteiger partial charge in [0.1, 0.15) is 0 Å². The van der Waals surface area contributed by atoms with Gasteiger partial charge in [-0.15, -0.1) is 0 Å². The van der Waals surface area contributed by atoms with Crippen molar-refractivity contribution in [1.29, 1.82) is 0 Å². The molecular weight excluding hydrogens is 196 g/mol. The van der Waals surface area contributed by atoms with Crippen molar-refractivity contribution in [3.8, 4) is 0 Å². The first kappa shape index (κ1) is 12.0. The summed E-state index contributed by atoms with van der Waals surface area (Å²) < 4.78 is 9.89. The van der Waals surface area contributed by atoms with E-state index < -0.39 is 0 Å². The maximum atomic E-state index is 11.2. The van der Waals surface area contributed by atoms with Crippen molar-refractivity contribution in [1.82, 2.24) is 0 Å². The maximum Gasteiger partial charge on any atom is 0.308 e. The summed E-state index contributed by atoms with van der Waals surface area (Å²) in [5, 5.41) is 0. The Morgan fingerprint density at radius 3 is 2.87 bits per heavy atom. The standard InChI is InChI=1S/C11H18O4/c1-3-9-5-8(7-15-11(9)13)6-10(12)14-4-2/h8-9H,3-7H2,1-2H3/t8-,9+/m0/s1. The molecule has 1 aliphatic heterocycles. The Morgan fingerprint density at radius 2 is 2.27 bits per heavy atom. The van der Waals surface area contributed by atoms with E-state index in [9.17, 15) is 9.59 Å². The van der Waals surface area contributed by atoms with E-state index in [1.807, 2.05) is 6.92 Å². The van der Waals surface area contributed by atoms with Crippen molar-refractivity contribution in [2.45, 2.75) is 33.1 Å². The number of cyclic esters (lactones) is 1. The van der Waals surface area contributed by atoms with Crippen LogP contribution >= 0.6 is 0 Å². The topological polar surface area (TPSA) is 52.6 Å². The van der Waals surface area contributed by atoms with Crippen LogP contribution in [0.3, 0.4) is 0 Å². The van der Waals surface area contributed by atoms with Crippen LogP contribution in [0.1, 0.15) is 33.1 Å². The first-order chi connectivity index (χ1) is 7.17. The molecule has 1 saturated heterocycles. The summed E-state index contributed by atoms with van der Waals surface area (Å²) >= 11 is 0. The monoisotopic (exact) mass is 214 g/mol. The van der Waals surface area contributed by atoms with E-state index in [-0.39, 0.29) is 23.8 Å². The highest BCUT2D eigenvalue weighted by atomic mass is 16.5. The molecule has 1 rings (SSSR count). The molecular formula is C11H18O4. The summed E-state index contributed by atoms with van der Waals surface area (Å²) in [4.78, 5) is 22.5. The van der Waals surface area contributed by atoms with E-state index >= 15 is 0 Å². The van der Waals surface area contributed by atoms with Crippen LogP contribution in [0.15, 0.2) is 0 Å². The predicted octanol–water partition coefficient (Wildman–Crippen LogP) is 1.53. The summed E-state index contributed by atoms with van der Waals surface area (Å²) in [5.74, 6) is -0.238. The number of hydrogen-bond donors (Lipinski definition) is 0. The molecule has 0 N–H and O–H groups in total.